The van der Waals surface area contributed by atoms with Crippen LogP contribution in [-0.4, -0.2) is 36.0 Å². The first kappa shape index (κ1) is 19.4. The Morgan fingerprint density at radius 3 is 2.74 bits per heavy atom. The van der Waals surface area contributed by atoms with Gasteiger partial charge in [0.25, 0.3) is 0 Å². The number of rotatable bonds is 7. The Bertz CT molecular complexity index is 736. The lowest BCUT2D eigenvalue weighted by Gasteiger charge is -2.33. The van der Waals surface area contributed by atoms with Crippen molar-refractivity contribution < 1.29 is 9.59 Å². The van der Waals surface area contributed by atoms with Gasteiger partial charge in [-0.3, -0.25) is 9.69 Å². The second kappa shape index (κ2) is 9.53. The molecule has 0 saturated carbocycles. The highest BCUT2D eigenvalue weighted by Crippen LogP contribution is 2.22. The minimum absolute atomic E-state index is 0.0614. The van der Waals surface area contributed by atoms with Crippen molar-refractivity contribution in [3.8, 4) is 0 Å². The minimum atomic E-state index is -0.618. The number of likely N-dealkylation sites (tertiary alicyclic amines) is 1. The highest BCUT2D eigenvalue weighted by atomic mass is 32.1. The molecule has 144 valence electrons. The van der Waals surface area contributed by atoms with Crippen LogP contribution in [0.1, 0.15) is 35.7 Å². The molecule has 1 saturated heterocycles. The van der Waals surface area contributed by atoms with Crippen molar-refractivity contribution in [2.24, 2.45) is 5.73 Å². The summed E-state index contributed by atoms with van der Waals surface area (Å²) in [6, 6.07) is 13.3. The largest absolute Gasteiger partial charge is 0.352 e. The molecular formula is C20H26N4O2S. The summed E-state index contributed by atoms with van der Waals surface area (Å²) in [6.45, 7) is 2.78. The van der Waals surface area contributed by atoms with Gasteiger partial charge in [0.15, 0.2) is 0 Å². The van der Waals surface area contributed by atoms with Crippen molar-refractivity contribution in [2.75, 3.05) is 13.1 Å². The Hall–Kier alpha value is -2.38. The summed E-state index contributed by atoms with van der Waals surface area (Å²) < 4.78 is 0. The number of primary amides is 1. The molecule has 7 heteroatoms. The van der Waals surface area contributed by atoms with Crippen LogP contribution >= 0.6 is 11.3 Å². The third kappa shape index (κ3) is 6.08. The monoisotopic (exact) mass is 386 g/mol. The van der Waals surface area contributed by atoms with Crippen LogP contribution in [0.3, 0.4) is 0 Å². The predicted octanol–water partition coefficient (Wildman–Crippen LogP) is 2.63. The summed E-state index contributed by atoms with van der Waals surface area (Å²) in [5, 5.41) is 7.72. The minimum Gasteiger partial charge on any atom is -0.352 e. The van der Waals surface area contributed by atoms with Gasteiger partial charge in [-0.1, -0.05) is 36.4 Å². The zero-order valence-electron chi connectivity index (χ0n) is 15.3. The van der Waals surface area contributed by atoms with E-state index in [4.69, 9.17) is 5.73 Å². The van der Waals surface area contributed by atoms with Crippen LogP contribution in [0.5, 0.6) is 0 Å². The maximum atomic E-state index is 12.5. The van der Waals surface area contributed by atoms with Crippen LogP contribution in [-0.2, 0) is 11.3 Å². The third-order valence-electron chi connectivity index (χ3n) is 4.71. The summed E-state index contributed by atoms with van der Waals surface area (Å²) in [5.74, 6) is -0.0614. The number of nitrogens with zero attached hydrogens (tertiary/aromatic N) is 1. The van der Waals surface area contributed by atoms with Crippen molar-refractivity contribution in [1.29, 1.82) is 0 Å². The number of carbonyl (C=O) groups excluding carboxylic acids is 2. The molecular weight excluding hydrogens is 360 g/mol. The van der Waals surface area contributed by atoms with Crippen molar-refractivity contribution in [3.63, 3.8) is 0 Å². The van der Waals surface area contributed by atoms with Gasteiger partial charge in [-0.05, 0) is 36.4 Å². The number of hydrogen-bond acceptors (Lipinski definition) is 4. The average Bonchev–Trinajstić information content (AvgIpc) is 3.16. The van der Waals surface area contributed by atoms with E-state index in [0.717, 1.165) is 37.4 Å². The SMILES string of the molecule is NC(=O)NC(CC(=O)NC1CCCN(Cc2ccccc2)C1)c1cccs1. The molecule has 4 N–H and O–H groups in total. The van der Waals surface area contributed by atoms with E-state index >= 15 is 0 Å². The molecule has 0 spiro atoms. The van der Waals surface area contributed by atoms with Gasteiger partial charge in [-0.25, -0.2) is 4.79 Å². The molecule has 3 rings (SSSR count). The fourth-order valence-electron chi connectivity index (χ4n) is 3.51. The van der Waals surface area contributed by atoms with E-state index in [2.05, 4.69) is 39.8 Å². The number of piperidine rings is 1. The zero-order chi connectivity index (χ0) is 19.1. The van der Waals surface area contributed by atoms with Crippen LogP contribution < -0.4 is 16.4 Å². The highest BCUT2D eigenvalue weighted by molar-refractivity contribution is 7.10. The molecule has 2 heterocycles. The van der Waals surface area contributed by atoms with E-state index in [9.17, 15) is 9.59 Å². The quantitative estimate of drug-likeness (QED) is 0.684. The van der Waals surface area contributed by atoms with E-state index in [1.165, 1.54) is 16.9 Å². The predicted molar refractivity (Wildman–Crippen MR) is 107 cm³/mol. The van der Waals surface area contributed by atoms with Crippen molar-refractivity contribution in [1.82, 2.24) is 15.5 Å². The fourth-order valence-corrected chi connectivity index (χ4v) is 4.29. The van der Waals surface area contributed by atoms with E-state index in [0.29, 0.717) is 0 Å². The van der Waals surface area contributed by atoms with Gasteiger partial charge >= 0.3 is 6.03 Å². The number of nitrogens with two attached hydrogens (primary N) is 1. The molecule has 6 nitrogen and oxygen atoms in total. The van der Waals surface area contributed by atoms with Gasteiger partial charge in [0.1, 0.15) is 0 Å². The Labute approximate surface area is 163 Å². The number of carbonyl (C=O) groups is 2. The summed E-state index contributed by atoms with van der Waals surface area (Å²) in [7, 11) is 0. The number of thiophene rings is 1. The van der Waals surface area contributed by atoms with Gasteiger partial charge in [0.05, 0.1) is 12.5 Å². The molecule has 1 aromatic carbocycles. The van der Waals surface area contributed by atoms with Crippen molar-refractivity contribution >= 4 is 23.3 Å². The van der Waals surface area contributed by atoms with Crippen LogP contribution in [0.15, 0.2) is 47.8 Å². The average molecular weight is 387 g/mol. The van der Waals surface area contributed by atoms with E-state index in [1.807, 2.05) is 23.6 Å². The maximum Gasteiger partial charge on any atom is 0.312 e. The summed E-state index contributed by atoms with van der Waals surface area (Å²) in [5.41, 5.74) is 6.55. The number of hydrogen-bond donors (Lipinski definition) is 3. The fraction of sp³-hybridized carbons (Fsp3) is 0.400. The molecule has 1 fully saturated rings. The number of benzene rings is 1. The van der Waals surface area contributed by atoms with Gasteiger partial charge < -0.3 is 16.4 Å². The lowest BCUT2D eigenvalue weighted by atomic mass is 10.0. The molecule has 2 unspecified atom stereocenters. The van der Waals surface area contributed by atoms with E-state index in [1.54, 1.807) is 0 Å². The van der Waals surface area contributed by atoms with E-state index < -0.39 is 6.03 Å². The van der Waals surface area contributed by atoms with Gasteiger partial charge in [-0.2, -0.15) is 0 Å². The first-order chi connectivity index (χ1) is 13.1. The van der Waals surface area contributed by atoms with Crippen LogP contribution in [0, 0.1) is 0 Å². The lowest BCUT2D eigenvalue weighted by molar-refractivity contribution is -0.122. The smallest absolute Gasteiger partial charge is 0.312 e. The highest BCUT2D eigenvalue weighted by Gasteiger charge is 2.24. The van der Waals surface area contributed by atoms with Crippen molar-refractivity contribution in [2.45, 2.75) is 37.9 Å². The van der Waals surface area contributed by atoms with Gasteiger partial charge in [0.2, 0.25) is 5.91 Å². The summed E-state index contributed by atoms with van der Waals surface area (Å²) in [4.78, 5) is 27.1. The first-order valence-corrected chi connectivity index (χ1v) is 10.1. The molecule has 27 heavy (non-hydrogen) atoms. The molecule has 3 amide bonds. The normalized spacial score (nSPS) is 18.6. The molecule has 0 bridgehead atoms. The maximum absolute atomic E-state index is 12.5. The Kier molecular flexibility index (Phi) is 6.84. The molecule has 2 atom stereocenters. The molecule has 1 aliphatic heterocycles. The molecule has 1 aliphatic rings. The Balaban J connectivity index is 1.52. The lowest BCUT2D eigenvalue weighted by Crippen LogP contribution is -2.48. The second-order valence-electron chi connectivity index (χ2n) is 6.91. The molecule has 2 aromatic rings. The van der Waals surface area contributed by atoms with Gasteiger partial charge in [0, 0.05) is 24.0 Å². The van der Waals surface area contributed by atoms with Gasteiger partial charge in [-0.15, -0.1) is 11.3 Å². The first-order valence-electron chi connectivity index (χ1n) is 9.25. The van der Waals surface area contributed by atoms with E-state index in [-0.39, 0.29) is 24.4 Å². The summed E-state index contributed by atoms with van der Waals surface area (Å²) >= 11 is 1.50. The summed E-state index contributed by atoms with van der Waals surface area (Å²) in [6.07, 6.45) is 2.23. The standard InChI is InChI=1S/C20H26N4O2S/c21-20(26)23-17(18-9-5-11-27-18)12-19(25)22-16-8-4-10-24(14-16)13-15-6-2-1-3-7-15/h1-3,5-7,9,11,16-17H,4,8,10,12-14H2,(H,22,25)(H3,21,23,26). The molecule has 0 aliphatic carbocycles. The number of nitrogens with one attached hydrogen (secondary N) is 2. The zero-order valence-corrected chi connectivity index (χ0v) is 16.1. The molecule has 1 aromatic heterocycles. The Morgan fingerprint density at radius 1 is 1.22 bits per heavy atom. The number of urea groups is 1. The second-order valence-corrected chi connectivity index (χ2v) is 7.89. The van der Waals surface area contributed by atoms with Crippen molar-refractivity contribution in [3.05, 3.63) is 58.3 Å². The van der Waals surface area contributed by atoms with Crippen LogP contribution in [0.4, 0.5) is 4.79 Å². The topological polar surface area (TPSA) is 87.5 Å². The third-order valence-corrected chi connectivity index (χ3v) is 5.70. The molecule has 0 radical (unpaired) electrons. The van der Waals surface area contributed by atoms with Crippen LogP contribution in [0.25, 0.3) is 0 Å². The Morgan fingerprint density at radius 2 is 2.04 bits per heavy atom. The number of amides is 3. The van der Waals surface area contributed by atoms with Crippen LogP contribution in [0.2, 0.25) is 0 Å².